The Kier molecular flexibility index (Phi) is 5.29. The van der Waals surface area contributed by atoms with Crippen molar-refractivity contribution in [2.75, 3.05) is 0 Å². The molecule has 2 amide bonds. The molecular formula is C17H9N3O6S2. The number of carbonyl (C=O) groups is 2. The molecule has 1 aliphatic rings. The van der Waals surface area contributed by atoms with Gasteiger partial charge in [-0.3, -0.25) is 29.8 Å². The summed E-state index contributed by atoms with van der Waals surface area (Å²) in [6, 6.07) is 10.5. The first-order chi connectivity index (χ1) is 13.3. The molecule has 9 nitrogen and oxygen atoms in total. The molecule has 2 aromatic rings. The van der Waals surface area contributed by atoms with Gasteiger partial charge in [0.05, 0.1) is 14.8 Å². The number of thiocarbonyl (C=S) groups is 1. The van der Waals surface area contributed by atoms with Gasteiger partial charge in [0.1, 0.15) is 0 Å². The number of amides is 2. The topological polar surface area (TPSA) is 124 Å². The van der Waals surface area contributed by atoms with Crippen LogP contribution < -0.4 is 0 Å². The Hall–Kier alpha value is -3.44. The van der Waals surface area contributed by atoms with Crippen LogP contribution >= 0.6 is 24.0 Å². The molecule has 11 heteroatoms. The van der Waals surface area contributed by atoms with Crippen LogP contribution in [0.2, 0.25) is 0 Å². The maximum Gasteiger partial charge on any atom is 0.273 e. The highest BCUT2D eigenvalue weighted by atomic mass is 32.2. The van der Waals surface area contributed by atoms with Gasteiger partial charge in [0.15, 0.2) is 4.32 Å². The van der Waals surface area contributed by atoms with E-state index in [0.717, 1.165) is 22.7 Å². The molecule has 0 radical (unpaired) electrons. The Bertz CT molecular complexity index is 1060. The van der Waals surface area contributed by atoms with Crippen molar-refractivity contribution in [3.05, 3.63) is 84.8 Å². The quantitative estimate of drug-likeness (QED) is 0.244. The summed E-state index contributed by atoms with van der Waals surface area (Å²) >= 11 is 6.01. The molecule has 0 aliphatic carbocycles. The van der Waals surface area contributed by atoms with Crippen LogP contribution in [0, 0.1) is 20.2 Å². The van der Waals surface area contributed by atoms with Gasteiger partial charge in [0.2, 0.25) is 0 Å². The number of carbonyl (C=O) groups excluding carboxylic acids is 2. The predicted molar refractivity (Wildman–Crippen MR) is 106 cm³/mol. The summed E-state index contributed by atoms with van der Waals surface area (Å²) in [6.45, 7) is 0. The highest BCUT2D eigenvalue weighted by Crippen LogP contribution is 2.34. The summed E-state index contributed by atoms with van der Waals surface area (Å²) in [5.41, 5.74) is 0.110. The standard InChI is InChI=1S/C17H9N3O6S2/c21-15(11-2-1-3-13(9-11)20(25)26)18-16(22)14(28-17(18)27)8-10-4-6-12(7-5-10)19(23)24/h1-9H. The van der Waals surface area contributed by atoms with Crippen LogP contribution in [0.5, 0.6) is 0 Å². The van der Waals surface area contributed by atoms with Gasteiger partial charge in [-0.1, -0.05) is 30.0 Å². The zero-order valence-electron chi connectivity index (χ0n) is 13.8. The Morgan fingerprint density at radius 1 is 1.04 bits per heavy atom. The molecule has 1 aliphatic heterocycles. The van der Waals surface area contributed by atoms with E-state index in [4.69, 9.17) is 12.2 Å². The van der Waals surface area contributed by atoms with Crippen LogP contribution in [0.15, 0.2) is 53.4 Å². The molecule has 0 spiro atoms. The Morgan fingerprint density at radius 3 is 2.29 bits per heavy atom. The van der Waals surface area contributed by atoms with Gasteiger partial charge < -0.3 is 0 Å². The minimum absolute atomic E-state index is 0.00494. The lowest BCUT2D eigenvalue weighted by Crippen LogP contribution is -2.34. The fourth-order valence-corrected chi connectivity index (χ4v) is 3.62. The first-order valence-electron chi connectivity index (χ1n) is 7.59. The highest BCUT2D eigenvalue weighted by Gasteiger charge is 2.37. The van der Waals surface area contributed by atoms with E-state index in [9.17, 15) is 29.8 Å². The SMILES string of the molecule is O=C1C(=Cc2ccc([N+](=O)[O-])cc2)SC(=S)N1C(=O)c1cccc([N+](=O)[O-])c1. The number of benzene rings is 2. The monoisotopic (exact) mass is 415 g/mol. The molecule has 3 rings (SSSR count). The average molecular weight is 415 g/mol. The maximum absolute atomic E-state index is 12.6. The van der Waals surface area contributed by atoms with Crippen LogP contribution in [0.1, 0.15) is 15.9 Å². The van der Waals surface area contributed by atoms with Crippen molar-refractivity contribution >= 4 is 57.6 Å². The zero-order chi connectivity index (χ0) is 20.4. The van der Waals surface area contributed by atoms with E-state index in [1.165, 1.54) is 48.5 Å². The number of thioether (sulfide) groups is 1. The van der Waals surface area contributed by atoms with E-state index in [0.29, 0.717) is 5.56 Å². The number of nitro benzene ring substituents is 2. The second kappa shape index (κ2) is 7.66. The van der Waals surface area contributed by atoms with Crippen LogP contribution in [0.4, 0.5) is 11.4 Å². The van der Waals surface area contributed by atoms with Gasteiger partial charge in [-0.05, 0) is 29.8 Å². The predicted octanol–water partition coefficient (Wildman–Crippen LogP) is 3.54. The summed E-state index contributed by atoms with van der Waals surface area (Å²) in [5.74, 6) is -1.43. The first kappa shape index (κ1) is 19.3. The Morgan fingerprint density at radius 2 is 1.68 bits per heavy atom. The van der Waals surface area contributed by atoms with E-state index in [1.807, 2.05) is 0 Å². The minimum Gasteiger partial charge on any atom is -0.268 e. The molecule has 0 N–H and O–H groups in total. The number of nitro groups is 2. The van der Waals surface area contributed by atoms with Gasteiger partial charge in [0, 0.05) is 29.8 Å². The molecule has 0 atom stereocenters. The molecule has 0 aromatic heterocycles. The van der Waals surface area contributed by atoms with Crippen molar-refractivity contribution in [2.45, 2.75) is 0 Å². The van der Waals surface area contributed by atoms with E-state index in [2.05, 4.69) is 0 Å². The summed E-state index contributed by atoms with van der Waals surface area (Å²) in [5, 5.41) is 21.6. The normalized spacial score (nSPS) is 15.1. The molecule has 0 bridgehead atoms. The fourth-order valence-electron chi connectivity index (χ4n) is 2.37. The number of hydrogen-bond donors (Lipinski definition) is 0. The van der Waals surface area contributed by atoms with Gasteiger partial charge in [0.25, 0.3) is 23.2 Å². The van der Waals surface area contributed by atoms with E-state index >= 15 is 0 Å². The lowest BCUT2D eigenvalue weighted by atomic mass is 10.1. The van der Waals surface area contributed by atoms with Crippen LogP contribution in [0.25, 0.3) is 6.08 Å². The van der Waals surface area contributed by atoms with E-state index in [-0.39, 0.29) is 26.2 Å². The van der Waals surface area contributed by atoms with Gasteiger partial charge >= 0.3 is 0 Å². The van der Waals surface area contributed by atoms with Gasteiger partial charge in [-0.15, -0.1) is 0 Å². The fraction of sp³-hybridized carbons (Fsp3) is 0. The average Bonchev–Trinajstić information content (AvgIpc) is 2.95. The molecular weight excluding hydrogens is 406 g/mol. The third-order valence-corrected chi connectivity index (χ3v) is 5.00. The summed E-state index contributed by atoms with van der Waals surface area (Å²) in [4.78, 5) is 46.6. The van der Waals surface area contributed by atoms with Gasteiger partial charge in [-0.2, -0.15) is 0 Å². The van der Waals surface area contributed by atoms with Crippen molar-refractivity contribution in [2.24, 2.45) is 0 Å². The Balaban J connectivity index is 1.87. The van der Waals surface area contributed by atoms with Crippen molar-refractivity contribution in [1.29, 1.82) is 0 Å². The first-order valence-corrected chi connectivity index (χ1v) is 8.81. The molecule has 140 valence electrons. The lowest BCUT2D eigenvalue weighted by molar-refractivity contribution is -0.385. The number of non-ortho nitro benzene ring substituents is 2. The summed E-state index contributed by atoms with van der Waals surface area (Å²) < 4.78 is -0.00494. The largest absolute Gasteiger partial charge is 0.273 e. The summed E-state index contributed by atoms with van der Waals surface area (Å²) in [6.07, 6.45) is 1.46. The molecule has 0 unspecified atom stereocenters. The van der Waals surface area contributed by atoms with Crippen molar-refractivity contribution in [3.8, 4) is 0 Å². The number of rotatable bonds is 4. The molecule has 0 saturated carbocycles. The summed E-state index contributed by atoms with van der Waals surface area (Å²) in [7, 11) is 0. The highest BCUT2D eigenvalue weighted by molar-refractivity contribution is 8.26. The smallest absolute Gasteiger partial charge is 0.268 e. The third-order valence-electron chi connectivity index (χ3n) is 3.70. The Labute approximate surface area is 166 Å². The molecule has 28 heavy (non-hydrogen) atoms. The van der Waals surface area contributed by atoms with Crippen molar-refractivity contribution < 1.29 is 19.4 Å². The third kappa shape index (κ3) is 3.80. The molecule has 1 heterocycles. The number of imide groups is 1. The number of nitrogens with zero attached hydrogens (tertiary/aromatic N) is 3. The minimum atomic E-state index is -0.765. The molecule has 1 fully saturated rings. The second-order valence-corrected chi connectivity index (χ2v) is 7.15. The van der Waals surface area contributed by atoms with Gasteiger partial charge in [-0.25, -0.2) is 4.90 Å². The van der Waals surface area contributed by atoms with Crippen molar-refractivity contribution in [1.82, 2.24) is 4.90 Å². The van der Waals surface area contributed by atoms with E-state index < -0.39 is 21.7 Å². The van der Waals surface area contributed by atoms with Crippen LogP contribution in [-0.2, 0) is 4.79 Å². The molecule has 2 aromatic carbocycles. The van der Waals surface area contributed by atoms with Crippen LogP contribution in [0.3, 0.4) is 0 Å². The molecule has 1 saturated heterocycles. The zero-order valence-corrected chi connectivity index (χ0v) is 15.4. The maximum atomic E-state index is 12.6. The second-order valence-electron chi connectivity index (χ2n) is 5.48. The van der Waals surface area contributed by atoms with E-state index in [1.54, 1.807) is 0 Å². The lowest BCUT2D eigenvalue weighted by Gasteiger charge is -2.12. The van der Waals surface area contributed by atoms with Crippen molar-refractivity contribution in [3.63, 3.8) is 0 Å². The number of hydrogen-bond acceptors (Lipinski definition) is 8. The van der Waals surface area contributed by atoms with Crippen LogP contribution in [-0.4, -0.2) is 30.9 Å².